The molecule has 0 aliphatic heterocycles. The molecule has 0 aromatic carbocycles. The van der Waals surface area contributed by atoms with Crippen LogP contribution in [-0.4, -0.2) is 46.1 Å². The van der Waals surface area contributed by atoms with Gasteiger partial charge in [0, 0.05) is 18.5 Å². The molecule has 0 saturated heterocycles. The van der Waals surface area contributed by atoms with Gasteiger partial charge in [-0.05, 0) is 5.57 Å². The predicted octanol–water partition coefficient (Wildman–Crippen LogP) is -3.49. The zero-order valence-electron chi connectivity index (χ0n) is 6.48. The summed E-state index contributed by atoms with van der Waals surface area (Å²) >= 11 is 0. The number of carbonyl (C=O) groups excluding carboxylic acids is 2. The Labute approximate surface area is 89.0 Å². The summed E-state index contributed by atoms with van der Waals surface area (Å²) in [6.45, 7) is 0. The van der Waals surface area contributed by atoms with Gasteiger partial charge in [-0.15, -0.1) is 0 Å². The van der Waals surface area contributed by atoms with Crippen LogP contribution in [0.5, 0.6) is 0 Å². The van der Waals surface area contributed by atoms with E-state index in [1.54, 1.807) is 0 Å². The summed E-state index contributed by atoms with van der Waals surface area (Å²) in [5, 5.41) is 28.0. The summed E-state index contributed by atoms with van der Waals surface area (Å²) in [6, 6.07) is 0. The van der Waals surface area contributed by atoms with E-state index in [-0.39, 0.29) is 29.1 Å². The van der Waals surface area contributed by atoms with E-state index in [2.05, 4.69) is 0 Å². The van der Waals surface area contributed by atoms with Crippen LogP contribution in [0, 0.1) is 0 Å². The van der Waals surface area contributed by atoms with Crippen LogP contribution >= 0.6 is 0 Å². The number of hydrogen-bond donors (Lipinski definition) is 1. The molecule has 0 saturated carbocycles. The van der Waals surface area contributed by atoms with E-state index >= 15 is 0 Å². The van der Waals surface area contributed by atoms with Crippen LogP contribution in [0.4, 0.5) is 0 Å². The van der Waals surface area contributed by atoms with Crippen LogP contribution in [0.2, 0.25) is 0 Å². The number of rotatable bonds is 4. The summed E-state index contributed by atoms with van der Waals surface area (Å²) in [7, 11) is 0. The van der Waals surface area contributed by atoms with Crippen molar-refractivity contribution in [1.29, 1.82) is 0 Å². The number of carboxylic acids is 3. The first-order chi connectivity index (χ1) is 5.43. The van der Waals surface area contributed by atoms with Crippen LogP contribution < -0.4 is 10.2 Å². The molecule has 7 heteroatoms. The van der Waals surface area contributed by atoms with Gasteiger partial charge in [0.2, 0.25) is 0 Å². The molecule has 0 aromatic rings. The first-order valence-electron chi connectivity index (χ1n) is 2.78. The van der Waals surface area contributed by atoms with Crippen molar-refractivity contribution in [3.05, 3.63) is 11.6 Å². The van der Waals surface area contributed by atoms with Crippen molar-refractivity contribution in [3.8, 4) is 0 Å². The predicted molar refractivity (Wildman–Crippen MR) is 36.1 cm³/mol. The molecule has 0 aliphatic rings. The average Bonchev–Trinajstić information content (AvgIpc) is 1.83. The number of hydrogen-bond acceptors (Lipinski definition) is 5. The van der Waals surface area contributed by atoms with E-state index in [1.165, 1.54) is 0 Å². The zero-order chi connectivity index (χ0) is 9.72. The Bertz CT molecular complexity index is 256. The third kappa shape index (κ3) is 7.28. The Balaban J connectivity index is 0. The van der Waals surface area contributed by atoms with Gasteiger partial charge in [-0.1, -0.05) is 0 Å². The largest absolute Gasteiger partial charge is 2.00 e. The average molecular weight is 196 g/mol. The van der Waals surface area contributed by atoms with Gasteiger partial charge in [-0.2, -0.15) is 0 Å². The van der Waals surface area contributed by atoms with E-state index in [1.807, 2.05) is 0 Å². The molecule has 1 N–H and O–H groups in total. The topological polar surface area (TPSA) is 118 Å². The smallest absolute Gasteiger partial charge is 0.550 e. The number of aliphatic carboxylic acids is 3. The summed E-state index contributed by atoms with van der Waals surface area (Å²) in [5.74, 6) is -5.05. The Morgan fingerprint density at radius 3 is 1.92 bits per heavy atom. The van der Waals surface area contributed by atoms with Crippen molar-refractivity contribution in [2.45, 2.75) is 6.42 Å². The van der Waals surface area contributed by atoms with Gasteiger partial charge in [-0.25, -0.2) is 4.79 Å². The fraction of sp³-hybridized carbons (Fsp3) is 0.167. The van der Waals surface area contributed by atoms with Crippen molar-refractivity contribution in [2.75, 3.05) is 0 Å². The van der Waals surface area contributed by atoms with Crippen molar-refractivity contribution < 1.29 is 29.7 Å². The third-order valence-corrected chi connectivity index (χ3v) is 0.895. The third-order valence-electron chi connectivity index (χ3n) is 0.895. The quantitative estimate of drug-likeness (QED) is 0.368. The molecule has 66 valence electrons. The second kappa shape index (κ2) is 6.43. The van der Waals surface area contributed by atoms with Gasteiger partial charge in [-0.3, -0.25) is 0 Å². The standard InChI is InChI=1S/C6H6O6.Mg/c7-4(8)1-3(6(11)12)2-5(9)10;/h1H,2H2,(H,7,8)(H,9,10)(H,11,12);/q;+2/p-2/b3-1+;. The molecule has 0 unspecified atom stereocenters. The number of carbonyl (C=O) groups is 3. The minimum atomic E-state index is -1.83. The molecular formula is C6H4MgO6. The molecular weight excluding hydrogens is 192 g/mol. The zero-order valence-corrected chi connectivity index (χ0v) is 7.89. The Morgan fingerprint density at radius 1 is 1.23 bits per heavy atom. The van der Waals surface area contributed by atoms with E-state index in [9.17, 15) is 24.6 Å². The molecule has 0 heterocycles. The molecule has 0 radical (unpaired) electrons. The molecule has 0 bridgehead atoms. The Morgan fingerprint density at radius 2 is 1.69 bits per heavy atom. The normalized spacial score (nSPS) is 10.0. The first-order valence-corrected chi connectivity index (χ1v) is 2.78. The van der Waals surface area contributed by atoms with Crippen molar-refractivity contribution in [1.82, 2.24) is 0 Å². The molecule has 0 atom stereocenters. The van der Waals surface area contributed by atoms with Gasteiger partial charge in [0.15, 0.2) is 0 Å². The van der Waals surface area contributed by atoms with E-state index < -0.39 is 29.9 Å². The Kier molecular flexibility index (Phi) is 7.15. The molecule has 0 rings (SSSR count). The van der Waals surface area contributed by atoms with Crippen molar-refractivity contribution in [3.63, 3.8) is 0 Å². The monoisotopic (exact) mass is 196 g/mol. The Hall–Kier alpha value is -1.08. The van der Waals surface area contributed by atoms with Crippen molar-refractivity contribution >= 4 is 41.0 Å². The van der Waals surface area contributed by atoms with E-state index in [0.717, 1.165) is 0 Å². The van der Waals surface area contributed by atoms with Crippen LogP contribution in [-0.2, 0) is 14.4 Å². The van der Waals surface area contributed by atoms with Crippen molar-refractivity contribution in [2.24, 2.45) is 0 Å². The second-order valence-corrected chi connectivity index (χ2v) is 1.84. The fourth-order valence-electron chi connectivity index (χ4n) is 0.487. The van der Waals surface area contributed by atoms with Gasteiger partial charge >= 0.3 is 29.0 Å². The minimum Gasteiger partial charge on any atom is -0.550 e. The maximum atomic E-state index is 10.0. The van der Waals surface area contributed by atoms with Crippen LogP contribution in [0.1, 0.15) is 6.42 Å². The minimum absolute atomic E-state index is 0. The summed E-state index contributed by atoms with van der Waals surface area (Å²) in [6.07, 6.45) is -0.722. The number of carboxylic acid groups (broad SMARTS) is 3. The second-order valence-electron chi connectivity index (χ2n) is 1.84. The molecule has 0 aromatic heterocycles. The summed E-state index contributed by atoms with van der Waals surface area (Å²) in [4.78, 5) is 29.8. The molecule has 0 amide bonds. The maximum Gasteiger partial charge on any atom is 2.00 e. The molecule has 0 fully saturated rings. The van der Waals surface area contributed by atoms with Crippen LogP contribution in [0.25, 0.3) is 0 Å². The van der Waals surface area contributed by atoms with Gasteiger partial charge in [0.25, 0.3) is 0 Å². The molecule has 0 aliphatic carbocycles. The molecule has 6 nitrogen and oxygen atoms in total. The maximum absolute atomic E-state index is 10.0. The summed E-state index contributed by atoms with van der Waals surface area (Å²) in [5.41, 5.74) is -0.831. The van der Waals surface area contributed by atoms with E-state index in [4.69, 9.17) is 5.11 Å². The van der Waals surface area contributed by atoms with Crippen LogP contribution in [0.15, 0.2) is 11.6 Å². The van der Waals surface area contributed by atoms with Gasteiger partial charge in [0.05, 0.1) is 5.97 Å². The molecule has 13 heavy (non-hydrogen) atoms. The summed E-state index contributed by atoms with van der Waals surface area (Å²) < 4.78 is 0. The van der Waals surface area contributed by atoms with Crippen LogP contribution in [0.3, 0.4) is 0 Å². The fourth-order valence-corrected chi connectivity index (χ4v) is 0.487. The SMILES string of the molecule is O=C(O)/C=C(\CC(=O)[O-])C(=O)[O-].[Mg+2]. The van der Waals surface area contributed by atoms with E-state index in [0.29, 0.717) is 0 Å². The van der Waals surface area contributed by atoms with Gasteiger partial charge in [0.1, 0.15) is 0 Å². The molecule has 0 spiro atoms. The van der Waals surface area contributed by atoms with Gasteiger partial charge < -0.3 is 24.9 Å². The first kappa shape index (κ1) is 14.4.